The molecule has 0 heterocycles. The van der Waals surface area contributed by atoms with Crippen molar-refractivity contribution in [2.45, 2.75) is 45.3 Å². The molecule has 2 aromatic rings. The molecule has 0 saturated carbocycles. The number of ether oxygens (including phenoxy) is 1. The molecule has 0 aliphatic carbocycles. The fourth-order valence-corrected chi connectivity index (χ4v) is 2.80. The zero-order valence-electron chi connectivity index (χ0n) is 16.4. The molecule has 0 bridgehead atoms. The molecule has 3 N–H and O–H groups in total. The Kier molecular flexibility index (Phi) is 6.78. The van der Waals surface area contributed by atoms with Crippen LogP contribution in [0.25, 0.3) is 11.1 Å². The highest BCUT2D eigenvalue weighted by molar-refractivity contribution is 5.77. The van der Waals surface area contributed by atoms with Crippen LogP contribution in [0.15, 0.2) is 49.1 Å². The summed E-state index contributed by atoms with van der Waals surface area (Å²) < 4.78 is 33.3. The van der Waals surface area contributed by atoms with Gasteiger partial charge in [-0.15, -0.1) is 6.58 Å². The summed E-state index contributed by atoms with van der Waals surface area (Å²) in [5.74, 6) is -0.976. The Balaban J connectivity index is 2.40. The van der Waals surface area contributed by atoms with Gasteiger partial charge in [-0.05, 0) is 81.1 Å². The van der Waals surface area contributed by atoms with Gasteiger partial charge in [0.1, 0.15) is 17.2 Å². The van der Waals surface area contributed by atoms with Crippen LogP contribution in [0.5, 0.6) is 0 Å². The number of anilines is 1. The minimum Gasteiger partial charge on any atom is -0.444 e. The number of nitrogens with two attached hydrogens (primary N) is 1. The van der Waals surface area contributed by atoms with Crippen molar-refractivity contribution >= 4 is 11.8 Å². The third-order valence-corrected chi connectivity index (χ3v) is 4.00. The second kappa shape index (κ2) is 8.87. The first kappa shape index (κ1) is 21.4. The van der Waals surface area contributed by atoms with E-state index in [0.717, 1.165) is 0 Å². The van der Waals surface area contributed by atoms with Gasteiger partial charge in [-0.25, -0.2) is 13.6 Å². The Morgan fingerprint density at radius 1 is 1.21 bits per heavy atom. The lowest BCUT2D eigenvalue weighted by atomic mass is 9.96. The van der Waals surface area contributed by atoms with Crippen molar-refractivity contribution in [3.8, 4) is 11.1 Å². The maximum atomic E-state index is 14.3. The fourth-order valence-electron chi connectivity index (χ4n) is 2.80. The molecule has 0 unspecified atom stereocenters. The van der Waals surface area contributed by atoms with Crippen LogP contribution < -0.4 is 11.1 Å². The van der Waals surface area contributed by atoms with Gasteiger partial charge in [0.05, 0.1) is 6.04 Å². The third kappa shape index (κ3) is 6.08. The molecule has 0 aromatic heterocycles. The number of carbonyl (C=O) groups is 1. The van der Waals surface area contributed by atoms with Crippen LogP contribution in [0.3, 0.4) is 0 Å². The second-order valence-electron chi connectivity index (χ2n) is 7.57. The molecule has 1 amide bonds. The van der Waals surface area contributed by atoms with Gasteiger partial charge in [0.15, 0.2) is 0 Å². The number of hydrogen-bond acceptors (Lipinski definition) is 3. The van der Waals surface area contributed by atoms with E-state index in [2.05, 4.69) is 11.9 Å². The maximum Gasteiger partial charge on any atom is 0.408 e. The van der Waals surface area contributed by atoms with Gasteiger partial charge in [-0.2, -0.15) is 0 Å². The van der Waals surface area contributed by atoms with Crippen molar-refractivity contribution in [1.82, 2.24) is 5.32 Å². The Morgan fingerprint density at radius 2 is 1.93 bits per heavy atom. The maximum absolute atomic E-state index is 14.3. The first-order chi connectivity index (χ1) is 13.1. The standard InChI is InChI=1S/C22H26F2N2O2/c1-5-6-7-20(26-21(27)28-22(2,3)4)15-10-14(11-17(24)12-15)18-13-16(23)8-9-19(18)25/h5,8-13,20H,1,6-7,25H2,2-4H3,(H,26,27)/t20-/m0/s1. The van der Waals surface area contributed by atoms with Crippen LogP contribution in [0.4, 0.5) is 19.3 Å². The molecule has 0 radical (unpaired) electrons. The highest BCUT2D eigenvalue weighted by Gasteiger charge is 2.21. The zero-order chi connectivity index (χ0) is 20.9. The van der Waals surface area contributed by atoms with Crippen LogP contribution in [-0.4, -0.2) is 11.7 Å². The molecule has 0 aliphatic rings. The number of nitrogen functional groups attached to an aromatic ring is 1. The first-order valence-electron chi connectivity index (χ1n) is 9.05. The van der Waals surface area contributed by atoms with Crippen molar-refractivity contribution in [3.63, 3.8) is 0 Å². The van der Waals surface area contributed by atoms with Gasteiger partial charge in [0, 0.05) is 11.3 Å². The second-order valence-corrected chi connectivity index (χ2v) is 7.57. The average Bonchev–Trinajstić information content (AvgIpc) is 2.58. The summed E-state index contributed by atoms with van der Waals surface area (Å²) in [6, 6.07) is 7.75. The van der Waals surface area contributed by atoms with E-state index in [1.807, 2.05) is 0 Å². The summed E-state index contributed by atoms with van der Waals surface area (Å²) in [5, 5.41) is 2.78. The van der Waals surface area contributed by atoms with Gasteiger partial charge in [-0.1, -0.05) is 6.08 Å². The summed E-state index contributed by atoms with van der Waals surface area (Å²) in [7, 11) is 0. The number of halogens is 2. The molecule has 6 heteroatoms. The van der Waals surface area contributed by atoms with Crippen LogP contribution >= 0.6 is 0 Å². The Morgan fingerprint density at radius 3 is 2.57 bits per heavy atom. The van der Waals surface area contributed by atoms with Crippen molar-refractivity contribution in [1.29, 1.82) is 0 Å². The molecule has 0 spiro atoms. The Hall–Kier alpha value is -2.89. The molecule has 150 valence electrons. The summed E-state index contributed by atoms with van der Waals surface area (Å²) in [6.45, 7) is 8.98. The molecule has 0 saturated heterocycles. The quantitative estimate of drug-likeness (QED) is 0.489. The van der Waals surface area contributed by atoms with E-state index >= 15 is 0 Å². The molecular formula is C22H26F2N2O2. The lowest BCUT2D eigenvalue weighted by Gasteiger charge is -2.24. The summed E-state index contributed by atoms with van der Waals surface area (Å²) >= 11 is 0. The third-order valence-electron chi connectivity index (χ3n) is 4.00. The number of amides is 1. The minimum absolute atomic E-state index is 0.334. The smallest absolute Gasteiger partial charge is 0.408 e. The molecule has 0 fully saturated rings. The first-order valence-corrected chi connectivity index (χ1v) is 9.05. The number of benzene rings is 2. The van der Waals surface area contributed by atoms with E-state index in [-0.39, 0.29) is 0 Å². The number of nitrogens with one attached hydrogen (secondary N) is 1. The average molecular weight is 388 g/mol. The molecular weight excluding hydrogens is 362 g/mol. The van der Waals surface area contributed by atoms with Gasteiger partial charge >= 0.3 is 6.09 Å². The van der Waals surface area contributed by atoms with E-state index in [1.54, 1.807) is 32.9 Å². The lowest BCUT2D eigenvalue weighted by Crippen LogP contribution is -2.35. The number of alkyl carbamates (subject to hydrolysis) is 1. The largest absolute Gasteiger partial charge is 0.444 e. The van der Waals surface area contributed by atoms with Crippen molar-refractivity contribution in [3.05, 3.63) is 66.3 Å². The number of rotatable bonds is 6. The van der Waals surface area contributed by atoms with Gasteiger partial charge in [0.2, 0.25) is 0 Å². The summed E-state index contributed by atoms with van der Waals surface area (Å²) in [4.78, 5) is 12.2. The van der Waals surface area contributed by atoms with E-state index in [9.17, 15) is 13.6 Å². The monoisotopic (exact) mass is 388 g/mol. The van der Waals surface area contributed by atoms with Crippen molar-refractivity contribution in [2.75, 3.05) is 5.73 Å². The number of hydrogen-bond donors (Lipinski definition) is 2. The normalized spacial score (nSPS) is 12.3. The number of carbonyl (C=O) groups excluding carboxylic acids is 1. The van der Waals surface area contributed by atoms with E-state index in [0.29, 0.717) is 35.2 Å². The summed E-state index contributed by atoms with van der Waals surface area (Å²) in [5.41, 5.74) is 6.97. The molecule has 0 aliphatic heterocycles. The Labute approximate surface area is 164 Å². The van der Waals surface area contributed by atoms with Gasteiger partial charge in [0.25, 0.3) is 0 Å². The molecule has 2 aromatic carbocycles. The van der Waals surface area contributed by atoms with Gasteiger partial charge in [-0.3, -0.25) is 0 Å². The predicted octanol–water partition coefficient (Wildman–Crippen LogP) is 5.75. The Bertz CT molecular complexity index is 860. The molecule has 2 rings (SSSR count). The molecule has 28 heavy (non-hydrogen) atoms. The van der Waals surface area contributed by atoms with Crippen LogP contribution in [-0.2, 0) is 4.74 Å². The molecule has 4 nitrogen and oxygen atoms in total. The zero-order valence-corrected chi connectivity index (χ0v) is 16.4. The van der Waals surface area contributed by atoms with Crippen LogP contribution in [0, 0.1) is 11.6 Å². The van der Waals surface area contributed by atoms with E-state index in [4.69, 9.17) is 10.5 Å². The SMILES string of the molecule is C=CCC[C@H](NC(=O)OC(C)(C)C)c1cc(F)cc(-c2cc(F)ccc2N)c1. The number of allylic oxidation sites excluding steroid dienone is 1. The van der Waals surface area contributed by atoms with E-state index in [1.165, 1.54) is 30.3 Å². The van der Waals surface area contributed by atoms with Crippen LogP contribution in [0.1, 0.15) is 45.2 Å². The highest BCUT2D eigenvalue weighted by Crippen LogP contribution is 2.31. The minimum atomic E-state index is -0.657. The van der Waals surface area contributed by atoms with Crippen molar-refractivity contribution in [2.24, 2.45) is 0 Å². The topological polar surface area (TPSA) is 64.3 Å². The van der Waals surface area contributed by atoms with Gasteiger partial charge < -0.3 is 15.8 Å². The van der Waals surface area contributed by atoms with Crippen molar-refractivity contribution < 1.29 is 18.3 Å². The highest BCUT2D eigenvalue weighted by atomic mass is 19.1. The molecule has 1 atom stereocenters. The van der Waals surface area contributed by atoms with E-state index < -0.39 is 29.4 Å². The predicted molar refractivity (Wildman–Crippen MR) is 108 cm³/mol. The lowest BCUT2D eigenvalue weighted by molar-refractivity contribution is 0.0501. The fraction of sp³-hybridized carbons (Fsp3) is 0.318. The summed E-state index contributed by atoms with van der Waals surface area (Å²) in [6.07, 6.45) is 2.23. The van der Waals surface area contributed by atoms with Crippen LogP contribution in [0.2, 0.25) is 0 Å².